The first kappa shape index (κ1) is 9.96. The van der Waals surface area contributed by atoms with Gasteiger partial charge in [0.25, 0.3) is 0 Å². The molecule has 1 saturated heterocycles. The lowest BCUT2D eigenvalue weighted by Gasteiger charge is -2.30. The summed E-state index contributed by atoms with van der Waals surface area (Å²) in [5.74, 6) is 0.577. The highest BCUT2D eigenvalue weighted by Gasteiger charge is 2.15. The van der Waals surface area contributed by atoms with Crippen LogP contribution in [0.4, 0.5) is 0 Å². The van der Waals surface area contributed by atoms with Crippen molar-refractivity contribution < 1.29 is 4.74 Å². The van der Waals surface area contributed by atoms with Crippen LogP contribution >= 0.6 is 0 Å². The van der Waals surface area contributed by atoms with Crippen LogP contribution in [0, 0.1) is 5.92 Å². The summed E-state index contributed by atoms with van der Waals surface area (Å²) < 4.78 is 5.26. The molecule has 72 valence electrons. The fourth-order valence-corrected chi connectivity index (χ4v) is 1.29. The Labute approximate surface area is 74.9 Å². The summed E-state index contributed by atoms with van der Waals surface area (Å²) in [4.78, 5) is 2.38. The zero-order chi connectivity index (χ0) is 8.97. The maximum Gasteiger partial charge on any atom is 0.0594 e. The van der Waals surface area contributed by atoms with Gasteiger partial charge < -0.3 is 10.5 Å². The molecule has 0 aromatic heterocycles. The Balaban J connectivity index is 2.20. The standard InChI is InChI=1S/C9H20N2O/c1-8(2)9(10)7-11-3-5-12-6-4-11/h8-9H,3-7,10H2,1-2H3/t9-/m1/s1. The van der Waals surface area contributed by atoms with E-state index in [1.54, 1.807) is 0 Å². The maximum atomic E-state index is 5.96. The molecule has 0 spiro atoms. The number of rotatable bonds is 3. The van der Waals surface area contributed by atoms with Crippen molar-refractivity contribution in [3.05, 3.63) is 0 Å². The molecule has 1 atom stereocenters. The third-order valence-corrected chi connectivity index (χ3v) is 2.43. The van der Waals surface area contributed by atoms with E-state index in [9.17, 15) is 0 Å². The molecule has 0 saturated carbocycles. The van der Waals surface area contributed by atoms with Crippen molar-refractivity contribution >= 4 is 0 Å². The third-order valence-electron chi connectivity index (χ3n) is 2.43. The van der Waals surface area contributed by atoms with Gasteiger partial charge in [-0.05, 0) is 5.92 Å². The molecule has 0 aromatic rings. The van der Waals surface area contributed by atoms with Crippen LogP contribution in [-0.4, -0.2) is 43.8 Å². The summed E-state index contributed by atoms with van der Waals surface area (Å²) in [5, 5.41) is 0. The Kier molecular flexibility index (Phi) is 3.98. The quantitative estimate of drug-likeness (QED) is 0.665. The van der Waals surface area contributed by atoms with Gasteiger partial charge in [-0.3, -0.25) is 4.90 Å². The lowest BCUT2D eigenvalue weighted by molar-refractivity contribution is 0.0333. The minimum atomic E-state index is 0.308. The minimum absolute atomic E-state index is 0.308. The average molecular weight is 172 g/mol. The second-order valence-corrected chi connectivity index (χ2v) is 3.82. The Morgan fingerprint density at radius 2 is 1.92 bits per heavy atom. The first-order valence-electron chi connectivity index (χ1n) is 4.76. The van der Waals surface area contributed by atoms with Crippen molar-refractivity contribution in [1.29, 1.82) is 0 Å². The predicted molar refractivity (Wildman–Crippen MR) is 50.1 cm³/mol. The second-order valence-electron chi connectivity index (χ2n) is 3.82. The number of morpholine rings is 1. The molecule has 3 nitrogen and oxygen atoms in total. The lowest BCUT2D eigenvalue weighted by atomic mass is 10.1. The van der Waals surface area contributed by atoms with Gasteiger partial charge in [0.1, 0.15) is 0 Å². The van der Waals surface area contributed by atoms with Gasteiger partial charge in [0.15, 0.2) is 0 Å². The minimum Gasteiger partial charge on any atom is -0.379 e. The number of hydrogen-bond acceptors (Lipinski definition) is 3. The van der Waals surface area contributed by atoms with Crippen LogP contribution in [0.3, 0.4) is 0 Å². The number of nitrogens with zero attached hydrogens (tertiary/aromatic N) is 1. The molecule has 3 heteroatoms. The second kappa shape index (κ2) is 4.80. The van der Waals surface area contributed by atoms with Gasteiger partial charge in [0.05, 0.1) is 13.2 Å². The molecule has 12 heavy (non-hydrogen) atoms. The third kappa shape index (κ3) is 3.09. The Bertz CT molecular complexity index is 122. The zero-order valence-electron chi connectivity index (χ0n) is 8.12. The van der Waals surface area contributed by atoms with Gasteiger partial charge >= 0.3 is 0 Å². The molecule has 1 heterocycles. The normalized spacial score (nSPS) is 23.0. The summed E-state index contributed by atoms with van der Waals surface area (Å²) in [5.41, 5.74) is 5.96. The Hall–Kier alpha value is -0.120. The number of nitrogens with two attached hydrogens (primary N) is 1. The SMILES string of the molecule is CC(C)[C@H](N)CN1CCOCC1. The maximum absolute atomic E-state index is 5.96. The van der Waals surface area contributed by atoms with Crippen molar-refractivity contribution in [3.8, 4) is 0 Å². The smallest absolute Gasteiger partial charge is 0.0594 e. The molecule has 0 radical (unpaired) electrons. The van der Waals surface area contributed by atoms with E-state index in [1.165, 1.54) is 0 Å². The Morgan fingerprint density at radius 3 is 2.42 bits per heavy atom. The van der Waals surface area contributed by atoms with Crippen molar-refractivity contribution in [2.45, 2.75) is 19.9 Å². The van der Waals surface area contributed by atoms with Crippen LogP contribution in [0.25, 0.3) is 0 Å². The number of ether oxygens (including phenoxy) is 1. The van der Waals surface area contributed by atoms with E-state index < -0.39 is 0 Å². The van der Waals surface area contributed by atoms with Crippen LogP contribution < -0.4 is 5.73 Å². The molecular formula is C9H20N2O. The summed E-state index contributed by atoms with van der Waals surface area (Å²) >= 11 is 0. The average Bonchev–Trinajstić information content (AvgIpc) is 2.06. The van der Waals surface area contributed by atoms with Gasteiger partial charge in [-0.15, -0.1) is 0 Å². The molecule has 1 aliphatic heterocycles. The molecule has 1 aliphatic rings. The molecule has 2 N–H and O–H groups in total. The topological polar surface area (TPSA) is 38.5 Å². The molecule has 0 unspecified atom stereocenters. The molecule has 0 amide bonds. The van der Waals surface area contributed by atoms with Crippen molar-refractivity contribution in [3.63, 3.8) is 0 Å². The highest BCUT2D eigenvalue weighted by Crippen LogP contribution is 2.03. The molecule has 1 rings (SSSR count). The van der Waals surface area contributed by atoms with Crippen LogP contribution in [0.15, 0.2) is 0 Å². The summed E-state index contributed by atoms with van der Waals surface area (Å²) in [6.45, 7) is 9.17. The highest BCUT2D eigenvalue weighted by molar-refractivity contribution is 4.72. The largest absolute Gasteiger partial charge is 0.379 e. The lowest BCUT2D eigenvalue weighted by Crippen LogP contribution is -2.45. The van der Waals surface area contributed by atoms with E-state index in [4.69, 9.17) is 10.5 Å². The first-order valence-corrected chi connectivity index (χ1v) is 4.76. The summed E-state index contributed by atoms with van der Waals surface area (Å²) in [6.07, 6.45) is 0. The Morgan fingerprint density at radius 1 is 1.33 bits per heavy atom. The predicted octanol–water partition coefficient (Wildman–Crippen LogP) is 0.302. The first-order chi connectivity index (χ1) is 5.70. The van der Waals surface area contributed by atoms with E-state index in [0.29, 0.717) is 12.0 Å². The van der Waals surface area contributed by atoms with Crippen LogP contribution in [-0.2, 0) is 4.74 Å². The van der Waals surface area contributed by atoms with Gasteiger partial charge in [0.2, 0.25) is 0 Å². The molecule has 0 aliphatic carbocycles. The summed E-state index contributed by atoms with van der Waals surface area (Å²) in [7, 11) is 0. The van der Waals surface area contributed by atoms with Crippen molar-refractivity contribution in [1.82, 2.24) is 4.90 Å². The highest BCUT2D eigenvalue weighted by atomic mass is 16.5. The fourth-order valence-electron chi connectivity index (χ4n) is 1.29. The van der Waals surface area contributed by atoms with Gasteiger partial charge in [-0.25, -0.2) is 0 Å². The zero-order valence-corrected chi connectivity index (χ0v) is 8.12. The van der Waals surface area contributed by atoms with E-state index in [-0.39, 0.29) is 0 Å². The monoisotopic (exact) mass is 172 g/mol. The van der Waals surface area contributed by atoms with Gasteiger partial charge in [0, 0.05) is 25.7 Å². The van der Waals surface area contributed by atoms with E-state index >= 15 is 0 Å². The van der Waals surface area contributed by atoms with Crippen LogP contribution in [0.5, 0.6) is 0 Å². The molecule has 1 fully saturated rings. The van der Waals surface area contributed by atoms with Crippen molar-refractivity contribution in [2.24, 2.45) is 11.7 Å². The molecule has 0 bridgehead atoms. The van der Waals surface area contributed by atoms with E-state index in [0.717, 1.165) is 32.8 Å². The van der Waals surface area contributed by atoms with Crippen LogP contribution in [0.1, 0.15) is 13.8 Å². The fraction of sp³-hybridized carbons (Fsp3) is 1.00. The molecular weight excluding hydrogens is 152 g/mol. The van der Waals surface area contributed by atoms with Crippen LogP contribution in [0.2, 0.25) is 0 Å². The molecule has 0 aromatic carbocycles. The number of hydrogen-bond donors (Lipinski definition) is 1. The van der Waals surface area contributed by atoms with Gasteiger partial charge in [-0.2, -0.15) is 0 Å². The summed E-state index contributed by atoms with van der Waals surface area (Å²) in [6, 6.07) is 0.308. The van der Waals surface area contributed by atoms with Gasteiger partial charge in [-0.1, -0.05) is 13.8 Å². The van der Waals surface area contributed by atoms with Crippen molar-refractivity contribution in [2.75, 3.05) is 32.8 Å². The van der Waals surface area contributed by atoms with E-state index in [1.807, 2.05) is 0 Å². The van der Waals surface area contributed by atoms with E-state index in [2.05, 4.69) is 18.7 Å².